The van der Waals surface area contributed by atoms with Crippen LogP contribution in [-0.2, 0) is 17.9 Å². The SMILES string of the molecule is CCn1c(COc2cccc(C)c2)nnc1SCC(=O)Nc1cccc(C(=O)O)c1C. The van der Waals surface area contributed by atoms with Crippen LogP contribution < -0.4 is 10.1 Å². The van der Waals surface area contributed by atoms with Gasteiger partial charge in [-0.15, -0.1) is 10.2 Å². The van der Waals surface area contributed by atoms with Gasteiger partial charge in [0.15, 0.2) is 11.0 Å². The first-order valence-corrected chi connectivity index (χ1v) is 10.7. The minimum Gasteiger partial charge on any atom is -0.486 e. The molecular weight excluding hydrogens is 416 g/mol. The van der Waals surface area contributed by atoms with E-state index in [0.29, 0.717) is 28.8 Å². The van der Waals surface area contributed by atoms with Crippen molar-refractivity contribution in [1.29, 1.82) is 0 Å². The lowest BCUT2D eigenvalue weighted by atomic mass is 10.1. The van der Waals surface area contributed by atoms with E-state index in [1.807, 2.05) is 42.7 Å². The number of thioether (sulfide) groups is 1. The zero-order chi connectivity index (χ0) is 22.4. The highest BCUT2D eigenvalue weighted by atomic mass is 32.2. The molecule has 0 saturated carbocycles. The number of carbonyl (C=O) groups is 2. The fourth-order valence-corrected chi connectivity index (χ4v) is 3.84. The molecule has 3 rings (SSSR count). The van der Waals surface area contributed by atoms with Gasteiger partial charge in [-0.05, 0) is 56.2 Å². The molecule has 0 atom stereocenters. The van der Waals surface area contributed by atoms with Crippen molar-refractivity contribution < 1.29 is 19.4 Å². The van der Waals surface area contributed by atoms with Gasteiger partial charge in [0.1, 0.15) is 12.4 Å². The number of aryl methyl sites for hydroxylation is 1. The molecule has 0 fully saturated rings. The normalized spacial score (nSPS) is 10.7. The minimum absolute atomic E-state index is 0.119. The molecule has 2 aromatic carbocycles. The van der Waals surface area contributed by atoms with Crippen molar-refractivity contribution >= 4 is 29.3 Å². The molecule has 2 N–H and O–H groups in total. The Bertz CT molecular complexity index is 1100. The molecule has 9 heteroatoms. The van der Waals surface area contributed by atoms with Crippen LogP contribution in [-0.4, -0.2) is 37.5 Å². The lowest BCUT2D eigenvalue weighted by Gasteiger charge is -2.11. The number of hydrogen-bond acceptors (Lipinski definition) is 6. The second-order valence-electron chi connectivity index (χ2n) is 6.87. The molecule has 3 aromatic rings. The number of anilines is 1. The summed E-state index contributed by atoms with van der Waals surface area (Å²) in [6.07, 6.45) is 0. The number of benzene rings is 2. The number of rotatable bonds is 9. The van der Waals surface area contributed by atoms with Crippen molar-refractivity contribution in [2.24, 2.45) is 0 Å². The van der Waals surface area contributed by atoms with Crippen LogP contribution in [0.3, 0.4) is 0 Å². The molecule has 0 bridgehead atoms. The van der Waals surface area contributed by atoms with Gasteiger partial charge in [0.05, 0.1) is 11.3 Å². The quantitative estimate of drug-likeness (QED) is 0.486. The summed E-state index contributed by atoms with van der Waals surface area (Å²) in [5.74, 6) is 0.279. The minimum atomic E-state index is -1.03. The highest BCUT2D eigenvalue weighted by Gasteiger charge is 2.15. The van der Waals surface area contributed by atoms with Gasteiger partial charge in [-0.2, -0.15) is 0 Å². The van der Waals surface area contributed by atoms with E-state index in [1.54, 1.807) is 19.1 Å². The number of carboxylic acids is 1. The molecule has 31 heavy (non-hydrogen) atoms. The summed E-state index contributed by atoms with van der Waals surface area (Å²) in [5.41, 5.74) is 2.27. The van der Waals surface area contributed by atoms with Crippen LogP contribution in [0, 0.1) is 13.8 Å². The number of carboxylic acid groups (broad SMARTS) is 1. The average Bonchev–Trinajstić information content (AvgIpc) is 3.14. The van der Waals surface area contributed by atoms with Crippen molar-refractivity contribution in [3.05, 3.63) is 65.0 Å². The number of ether oxygens (including phenoxy) is 1. The second kappa shape index (κ2) is 10.1. The van der Waals surface area contributed by atoms with Crippen LogP contribution in [0.25, 0.3) is 0 Å². The third-order valence-corrected chi connectivity index (χ3v) is 5.60. The summed E-state index contributed by atoms with van der Waals surface area (Å²) in [6, 6.07) is 12.6. The predicted octanol–water partition coefficient (Wildman–Crippen LogP) is 3.92. The van der Waals surface area contributed by atoms with E-state index in [9.17, 15) is 14.7 Å². The van der Waals surface area contributed by atoms with Gasteiger partial charge in [-0.3, -0.25) is 4.79 Å². The lowest BCUT2D eigenvalue weighted by Crippen LogP contribution is -2.16. The molecule has 0 radical (unpaired) electrons. The molecule has 1 heterocycles. The van der Waals surface area contributed by atoms with Crippen LogP contribution in [0.15, 0.2) is 47.6 Å². The van der Waals surface area contributed by atoms with Gasteiger partial charge >= 0.3 is 5.97 Å². The number of amides is 1. The van der Waals surface area contributed by atoms with E-state index in [1.165, 1.54) is 17.8 Å². The van der Waals surface area contributed by atoms with Gasteiger partial charge in [0.2, 0.25) is 5.91 Å². The highest BCUT2D eigenvalue weighted by Crippen LogP contribution is 2.22. The number of nitrogens with one attached hydrogen (secondary N) is 1. The molecule has 1 aromatic heterocycles. The number of carbonyl (C=O) groups excluding carboxylic acids is 1. The Kier molecular flexibility index (Phi) is 7.30. The Morgan fingerprint density at radius 2 is 1.94 bits per heavy atom. The summed E-state index contributed by atoms with van der Waals surface area (Å²) < 4.78 is 7.72. The maximum atomic E-state index is 12.4. The molecule has 0 spiro atoms. The summed E-state index contributed by atoms with van der Waals surface area (Å²) in [6.45, 7) is 6.56. The summed E-state index contributed by atoms with van der Waals surface area (Å²) in [5, 5.41) is 21.0. The van der Waals surface area contributed by atoms with Gasteiger partial charge in [0.25, 0.3) is 0 Å². The van der Waals surface area contributed by atoms with Crippen LogP contribution in [0.1, 0.15) is 34.2 Å². The predicted molar refractivity (Wildman–Crippen MR) is 119 cm³/mol. The van der Waals surface area contributed by atoms with Crippen molar-refractivity contribution in [3.63, 3.8) is 0 Å². The third kappa shape index (κ3) is 5.64. The van der Waals surface area contributed by atoms with Gasteiger partial charge in [-0.25, -0.2) is 4.79 Å². The molecule has 0 unspecified atom stereocenters. The molecular formula is C22H24N4O4S. The fourth-order valence-electron chi connectivity index (χ4n) is 3.02. The Morgan fingerprint density at radius 1 is 1.16 bits per heavy atom. The molecule has 8 nitrogen and oxygen atoms in total. The van der Waals surface area contributed by atoms with Crippen LogP contribution in [0.2, 0.25) is 0 Å². The number of aromatic nitrogens is 3. The van der Waals surface area contributed by atoms with Crippen LogP contribution >= 0.6 is 11.8 Å². The summed E-state index contributed by atoms with van der Waals surface area (Å²) >= 11 is 1.27. The largest absolute Gasteiger partial charge is 0.486 e. The summed E-state index contributed by atoms with van der Waals surface area (Å²) in [4.78, 5) is 23.7. The average molecular weight is 441 g/mol. The Labute approximate surface area is 184 Å². The molecule has 0 aliphatic heterocycles. The van der Waals surface area contributed by atoms with E-state index in [0.717, 1.165) is 11.3 Å². The van der Waals surface area contributed by atoms with Crippen molar-refractivity contribution in [3.8, 4) is 5.75 Å². The molecule has 1 amide bonds. The fraction of sp³-hybridized carbons (Fsp3) is 0.273. The molecule has 0 saturated heterocycles. The first-order chi connectivity index (χ1) is 14.9. The van der Waals surface area contributed by atoms with Gasteiger partial charge < -0.3 is 19.7 Å². The Hall–Kier alpha value is -3.33. The molecule has 0 aliphatic rings. The van der Waals surface area contributed by atoms with Gasteiger partial charge in [0, 0.05) is 12.2 Å². The topological polar surface area (TPSA) is 106 Å². The van der Waals surface area contributed by atoms with E-state index in [-0.39, 0.29) is 23.8 Å². The first-order valence-electron chi connectivity index (χ1n) is 9.76. The summed E-state index contributed by atoms with van der Waals surface area (Å²) in [7, 11) is 0. The highest BCUT2D eigenvalue weighted by molar-refractivity contribution is 7.99. The maximum absolute atomic E-state index is 12.4. The maximum Gasteiger partial charge on any atom is 0.336 e. The molecule has 0 aliphatic carbocycles. The molecule has 162 valence electrons. The van der Waals surface area contributed by atoms with E-state index < -0.39 is 5.97 Å². The second-order valence-corrected chi connectivity index (χ2v) is 7.81. The lowest BCUT2D eigenvalue weighted by molar-refractivity contribution is -0.113. The van der Waals surface area contributed by atoms with Crippen LogP contribution in [0.4, 0.5) is 5.69 Å². The third-order valence-electron chi connectivity index (χ3n) is 4.64. The Balaban J connectivity index is 1.61. The van der Waals surface area contributed by atoms with E-state index in [4.69, 9.17) is 4.74 Å². The van der Waals surface area contributed by atoms with E-state index >= 15 is 0 Å². The Morgan fingerprint density at radius 3 is 2.65 bits per heavy atom. The number of aromatic carboxylic acids is 1. The van der Waals surface area contributed by atoms with Crippen molar-refractivity contribution in [2.75, 3.05) is 11.1 Å². The van der Waals surface area contributed by atoms with Crippen molar-refractivity contribution in [1.82, 2.24) is 14.8 Å². The number of hydrogen-bond donors (Lipinski definition) is 2. The standard InChI is InChI=1S/C22H24N4O4S/c1-4-26-19(12-30-16-8-5-7-14(2)11-16)24-25-22(26)31-13-20(27)23-18-10-6-9-17(15(18)3)21(28)29/h5-11H,4,12-13H2,1-3H3,(H,23,27)(H,28,29). The zero-order valence-corrected chi connectivity index (χ0v) is 18.4. The zero-order valence-electron chi connectivity index (χ0n) is 17.6. The van der Waals surface area contributed by atoms with Crippen LogP contribution in [0.5, 0.6) is 5.75 Å². The first kappa shape index (κ1) is 22.4. The van der Waals surface area contributed by atoms with Gasteiger partial charge in [-0.1, -0.05) is 30.0 Å². The van der Waals surface area contributed by atoms with E-state index in [2.05, 4.69) is 15.5 Å². The monoisotopic (exact) mass is 440 g/mol. The number of nitrogens with zero attached hydrogens (tertiary/aromatic N) is 3. The van der Waals surface area contributed by atoms with Crippen molar-refractivity contribution in [2.45, 2.75) is 39.1 Å². The smallest absolute Gasteiger partial charge is 0.336 e.